The third-order valence-electron chi connectivity index (χ3n) is 2.13. The second-order valence-corrected chi connectivity index (χ2v) is 3.58. The lowest BCUT2D eigenvalue weighted by atomic mass is 10.1. The molecule has 1 aromatic rings. The Morgan fingerprint density at radius 2 is 1.86 bits per heavy atom. The second-order valence-electron chi connectivity index (χ2n) is 3.27. The lowest BCUT2D eigenvalue weighted by Gasteiger charge is -2.10. The van der Waals surface area contributed by atoms with Crippen molar-refractivity contribution in [3.63, 3.8) is 0 Å². The summed E-state index contributed by atoms with van der Waals surface area (Å²) in [4.78, 5) is 0. The zero-order valence-corrected chi connectivity index (χ0v) is 9.43. The molecule has 1 nitrogen and oxygen atoms in total. The van der Waals surface area contributed by atoms with Crippen molar-refractivity contribution in [3.8, 4) is 0 Å². The van der Waals surface area contributed by atoms with Crippen LogP contribution in [0.25, 0.3) is 0 Å². The van der Waals surface area contributed by atoms with Crippen LogP contribution in [0.3, 0.4) is 0 Å². The molecule has 0 saturated carbocycles. The van der Waals surface area contributed by atoms with Crippen LogP contribution in [0.4, 0.5) is 5.69 Å². The Morgan fingerprint density at radius 3 is 2.43 bits per heavy atom. The molecule has 2 heteroatoms. The number of anilines is 1. The first-order valence-corrected chi connectivity index (χ1v) is 5.30. The van der Waals surface area contributed by atoms with Gasteiger partial charge in [-0.3, -0.25) is 0 Å². The van der Waals surface area contributed by atoms with Crippen molar-refractivity contribution in [1.82, 2.24) is 0 Å². The van der Waals surface area contributed by atoms with Crippen molar-refractivity contribution in [1.29, 1.82) is 0 Å². The summed E-state index contributed by atoms with van der Waals surface area (Å²) in [6.45, 7) is 5.06. The topological polar surface area (TPSA) is 12.0 Å². The molecule has 0 fully saturated rings. The van der Waals surface area contributed by atoms with Gasteiger partial charge in [0.1, 0.15) is 0 Å². The van der Waals surface area contributed by atoms with Gasteiger partial charge in [-0.1, -0.05) is 30.4 Å². The molecule has 0 spiro atoms. The van der Waals surface area contributed by atoms with Gasteiger partial charge >= 0.3 is 0 Å². The van der Waals surface area contributed by atoms with Crippen LogP contribution in [-0.4, -0.2) is 12.4 Å². The number of hydrogen-bond donors (Lipinski definition) is 1. The maximum atomic E-state index is 5.53. The smallest absolute Gasteiger partial charge is 0.0404 e. The van der Waals surface area contributed by atoms with Crippen LogP contribution < -0.4 is 5.32 Å². The van der Waals surface area contributed by atoms with Crippen LogP contribution in [-0.2, 0) is 0 Å². The van der Waals surface area contributed by atoms with Gasteiger partial charge in [0.2, 0.25) is 0 Å². The lowest BCUT2D eigenvalue weighted by molar-refractivity contribution is 1.26. The quantitative estimate of drug-likeness (QED) is 0.591. The van der Waals surface area contributed by atoms with E-state index in [-0.39, 0.29) is 0 Å². The molecule has 0 saturated heterocycles. The molecule has 14 heavy (non-hydrogen) atoms. The predicted octanol–water partition coefficient (Wildman–Crippen LogP) is 3.51. The van der Waals surface area contributed by atoms with E-state index in [2.05, 4.69) is 37.4 Å². The van der Waals surface area contributed by atoms with Crippen molar-refractivity contribution >= 4 is 17.3 Å². The number of hydrogen-bond acceptors (Lipinski definition) is 1. The summed E-state index contributed by atoms with van der Waals surface area (Å²) in [6.07, 6.45) is 3.99. The number of nitrogens with one attached hydrogen (secondary N) is 1. The summed E-state index contributed by atoms with van der Waals surface area (Å²) in [5.74, 6) is 0.578. The molecule has 0 aliphatic carbocycles. The maximum Gasteiger partial charge on any atom is 0.0404 e. The van der Waals surface area contributed by atoms with Crippen molar-refractivity contribution in [2.45, 2.75) is 13.8 Å². The van der Waals surface area contributed by atoms with E-state index < -0.39 is 0 Å². The maximum absolute atomic E-state index is 5.53. The summed E-state index contributed by atoms with van der Waals surface area (Å²) in [5.41, 5.74) is 3.79. The van der Waals surface area contributed by atoms with Crippen LogP contribution in [0.5, 0.6) is 0 Å². The van der Waals surface area contributed by atoms with Crippen LogP contribution in [0.1, 0.15) is 11.1 Å². The highest BCUT2D eigenvalue weighted by Gasteiger charge is 1.98. The minimum absolute atomic E-state index is 0.578. The third-order valence-corrected chi connectivity index (χ3v) is 2.31. The van der Waals surface area contributed by atoms with Gasteiger partial charge in [0, 0.05) is 18.1 Å². The zero-order valence-electron chi connectivity index (χ0n) is 8.68. The molecule has 0 amide bonds. The largest absolute Gasteiger partial charge is 0.381 e. The summed E-state index contributed by atoms with van der Waals surface area (Å²) in [7, 11) is 0. The van der Waals surface area contributed by atoms with Gasteiger partial charge < -0.3 is 5.32 Å². The minimum Gasteiger partial charge on any atom is -0.381 e. The average molecular weight is 210 g/mol. The standard InChI is InChI=1S/C12H16ClN/c1-10-6-5-7-11(2)12(10)14-9-4-3-8-13/h3-7,14H,8-9H2,1-2H3/b4-3+. The second kappa shape index (κ2) is 5.71. The van der Waals surface area contributed by atoms with Crippen LogP contribution in [0, 0.1) is 13.8 Å². The molecule has 0 aliphatic rings. The number of benzene rings is 1. The van der Waals surface area contributed by atoms with Crippen molar-refractivity contribution < 1.29 is 0 Å². The molecule has 0 radical (unpaired) electrons. The van der Waals surface area contributed by atoms with E-state index in [4.69, 9.17) is 11.6 Å². The zero-order chi connectivity index (χ0) is 10.4. The molecule has 0 unspecified atom stereocenters. The van der Waals surface area contributed by atoms with E-state index in [0.29, 0.717) is 5.88 Å². The fraction of sp³-hybridized carbons (Fsp3) is 0.333. The highest BCUT2D eigenvalue weighted by Crippen LogP contribution is 2.18. The Labute approximate surface area is 90.8 Å². The lowest BCUT2D eigenvalue weighted by Crippen LogP contribution is -2.02. The molecule has 0 aliphatic heterocycles. The molecule has 1 N–H and O–H groups in total. The Morgan fingerprint density at radius 1 is 1.21 bits per heavy atom. The van der Waals surface area contributed by atoms with E-state index in [9.17, 15) is 0 Å². The Balaban J connectivity index is 2.62. The first-order chi connectivity index (χ1) is 6.75. The van der Waals surface area contributed by atoms with Crippen LogP contribution in [0.15, 0.2) is 30.4 Å². The Bertz CT molecular complexity index is 298. The van der Waals surface area contributed by atoms with Crippen LogP contribution >= 0.6 is 11.6 Å². The van der Waals surface area contributed by atoms with Gasteiger partial charge in [0.15, 0.2) is 0 Å². The summed E-state index contributed by atoms with van der Waals surface area (Å²) < 4.78 is 0. The number of para-hydroxylation sites is 1. The van der Waals surface area contributed by atoms with Gasteiger partial charge in [-0.2, -0.15) is 0 Å². The monoisotopic (exact) mass is 209 g/mol. The molecular formula is C12H16ClN. The number of allylic oxidation sites excluding steroid dienone is 1. The first-order valence-electron chi connectivity index (χ1n) is 4.76. The predicted molar refractivity (Wildman–Crippen MR) is 64.3 cm³/mol. The van der Waals surface area contributed by atoms with Gasteiger partial charge in [0.05, 0.1) is 0 Å². The fourth-order valence-corrected chi connectivity index (χ4v) is 1.53. The molecule has 0 aromatic heterocycles. The number of halogens is 1. The van der Waals surface area contributed by atoms with Crippen molar-refractivity contribution in [3.05, 3.63) is 41.5 Å². The van der Waals surface area contributed by atoms with E-state index >= 15 is 0 Å². The van der Waals surface area contributed by atoms with E-state index in [1.807, 2.05) is 12.2 Å². The Hall–Kier alpha value is -0.950. The molecule has 0 atom stereocenters. The van der Waals surface area contributed by atoms with Crippen molar-refractivity contribution in [2.24, 2.45) is 0 Å². The summed E-state index contributed by atoms with van der Waals surface area (Å²) in [5, 5.41) is 3.37. The van der Waals surface area contributed by atoms with Gasteiger partial charge in [0.25, 0.3) is 0 Å². The Kier molecular flexibility index (Phi) is 4.54. The van der Waals surface area contributed by atoms with Gasteiger partial charge in [-0.15, -0.1) is 11.6 Å². The van der Waals surface area contributed by atoms with Gasteiger partial charge in [-0.05, 0) is 25.0 Å². The first kappa shape index (κ1) is 11.1. The third kappa shape index (κ3) is 3.08. The number of aryl methyl sites for hydroxylation is 2. The molecule has 1 rings (SSSR count). The fourth-order valence-electron chi connectivity index (χ4n) is 1.40. The molecule has 0 heterocycles. The highest BCUT2D eigenvalue weighted by molar-refractivity contribution is 6.18. The molecular weight excluding hydrogens is 194 g/mol. The minimum atomic E-state index is 0.578. The van der Waals surface area contributed by atoms with E-state index in [0.717, 1.165) is 6.54 Å². The average Bonchev–Trinajstić information content (AvgIpc) is 2.16. The van der Waals surface area contributed by atoms with Crippen LogP contribution in [0.2, 0.25) is 0 Å². The number of alkyl halides is 1. The SMILES string of the molecule is Cc1cccc(C)c1NC/C=C/CCl. The highest BCUT2D eigenvalue weighted by atomic mass is 35.5. The summed E-state index contributed by atoms with van der Waals surface area (Å²) in [6, 6.07) is 6.30. The van der Waals surface area contributed by atoms with Gasteiger partial charge in [-0.25, -0.2) is 0 Å². The normalized spacial score (nSPS) is 10.8. The summed E-state index contributed by atoms with van der Waals surface area (Å²) >= 11 is 5.53. The molecule has 76 valence electrons. The van der Waals surface area contributed by atoms with E-state index in [1.54, 1.807) is 0 Å². The molecule has 1 aromatic carbocycles. The molecule has 0 bridgehead atoms. The van der Waals surface area contributed by atoms with Crippen molar-refractivity contribution in [2.75, 3.05) is 17.7 Å². The number of rotatable bonds is 4. The van der Waals surface area contributed by atoms with E-state index in [1.165, 1.54) is 16.8 Å².